The third kappa shape index (κ3) is 5.12. The van der Waals surface area contributed by atoms with Gasteiger partial charge in [0.05, 0.1) is 22.6 Å². The summed E-state index contributed by atoms with van der Waals surface area (Å²) in [5.74, 6) is -1.41. The molecule has 4 aromatic rings. The van der Waals surface area contributed by atoms with Crippen molar-refractivity contribution in [1.29, 1.82) is 0 Å². The van der Waals surface area contributed by atoms with Crippen LogP contribution in [0, 0.1) is 31.4 Å². The fraction of sp³-hybridized carbons (Fsp3) is 0.333. The van der Waals surface area contributed by atoms with Gasteiger partial charge < -0.3 is 14.4 Å². The topological polar surface area (TPSA) is 64.3 Å². The van der Waals surface area contributed by atoms with Gasteiger partial charge in [0.1, 0.15) is 18.2 Å². The summed E-state index contributed by atoms with van der Waals surface area (Å²) in [5, 5.41) is 10.00. The number of ether oxygens (including phenoxy) is 1. The van der Waals surface area contributed by atoms with Crippen LogP contribution in [0.15, 0.2) is 48.5 Å². The van der Waals surface area contributed by atoms with Crippen LogP contribution in [0.2, 0.25) is 5.02 Å². The van der Waals surface area contributed by atoms with E-state index in [0.29, 0.717) is 27.6 Å². The molecular formula is C30H29ClF2N2O3. The fourth-order valence-corrected chi connectivity index (χ4v) is 5.77. The number of aromatic nitrogens is 2. The Hall–Kier alpha value is -3.45. The van der Waals surface area contributed by atoms with E-state index in [-0.39, 0.29) is 24.1 Å². The van der Waals surface area contributed by atoms with Gasteiger partial charge in [-0.3, -0.25) is 0 Å². The summed E-state index contributed by atoms with van der Waals surface area (Å²) < 4.78 is 37.2. The number of imidazole rings is 1. The summed E-state index contributed by atoms with van der Waals surface area (Å²) in [6, 6.07) is 12.6. The first kappa shape index (κ1) is 26.2. The van der Waals surface area contributed by atoms with E-state index in [0.717, 1.165) is 54.9 Å². The molecule has 0 aliphatic heterocycles. The number of benzene rings is 3. The molecule has 0 spiro atoms. The number of fused-ring (bicyclic) bond motifs is 1. The molecule has 1 aliphatic carbocycles. The number of halogens is 3. The van der Waals surface area contributed by atoms with E-state index in [4.69, 9.17) is 21.3 Å². The number of carbonyl (C=O) groups is 1. The zero-order chi connectivity index (χ0) is 27.0. The lowest BCUT2D eigenvalue weighted by molar-refractivity contribution is 0.0696. The minimum Gasteiger partial charge on any atom is -0.491 e. The molecule has 1 unspecified atom stereocenters. The summed E-state index contributed by atoms with van der Waals surface area (Å²) in [6.45, 7) is 3.92. The largest absolute Gasteiger partial charge is 0.491 e. The molecule has 8 heteroatoms. The van der Waals surface area contributed by atoms with Crippen LogP contribution in [0.3, 0.4) is 0 Å². The average Bonchev–Trinajstić information content (AvgIpc) is 3.24. The minimum atomic E-state index is -0.991. The number of aryl methyl sites for hydroxylation is 2. The van der Waals surface area contributed by atoms with E-state index < -0.39 is 17.6 Å². The quantitative estimate of drug-likeness (QED) is 0.258. The average molecular weight is 539 g/mol. The van der Waals surface area contributed by atoms with Crippen molar-refractivity contribution in [1.82, 2.24) is 9.55 Å². The first-order chi connectivity index (χ1) is 18.2. The van der Waals surface area contributed by atoms with Crippen molar-refractivity contribution in [3.63, 3.8) is 0 Å². The van der Waals surface area contributed by atoms with Crippen LogP contribution in [0.1, 0.15) is 59.6 Å². The smallest absolute Gasteiger partial charge is 0.335 e. The van der Waals surface area contributed by atoms with E-state index in [1.54, 1.807) is 24.3 Å². The highest BCUT2D eigenvalue weighted by molar-refractivity contribution is 6.30. The number of carboxylic acids is 1. The molecule has 0 amide bonds. The van der Waals surface area contributed by atoms with Gasteiger partial charge in [0.15, 0.2) is 11.6 Å². The molecule has 1 N–H and O–H groups in total. The maximum absolute atomic E-state index is 14.5. The molecule has 1 atom stereocenters. The Morgan fingerprint density at radius 2 is 1.68 bits per heavy atom. The van der Waals surface area contributed by atoms with Crippen molar-refractivity contribution < 1.29 is 23.4 Å². The number of rotatable bonds is 7. The van der Waals surface area contributed by atoms with Gasteiger partial charge in [-0.25, -0.2) is 18.6 Å². The monoisotopic (exact) mass is 538 g/mol. The molecule has 1 fully saturated rings. The predicted molar refractivity (Wildman–Crippen MR) is 144 cm³/mol. The molecule has 5 nitrogen and oxygen atoms in total. The predicted octanol–water partition coefficient (Wildman–Crippen LogP) is 8.15. The third-order valence-electron chi connectivity index (χ3n) is 7.47. The van der Waals surface area contributed by atoms with Gasteiger partial charge in [-0.15, -0.1) is 0 Å². The molecule has 1 aliphatic rings. The number of nitrogens with zero attached hydrogens (tertiary/aromatic N) is 2. The van der Waals surface area contributed by atoms with Crippen molar-refractivity contribution in [2.75, 3.05) is 6.61 Å². The lowest BCUT2D eigenvalue weighted by atomic mass is 9.83. The first-order valence-electron chi connectivity index (χ1n) is 12.8. The van der Waals surface area contributed by atoms with Crippen LogP contribution in [-0.4, -0.2) is 27.2 Å². The maximum Gasteiger partial charge on any atom is 0.335 e. The van der Waals surface area contributed by atoms with Crippen LogP contribution in [0.25, 0.3) is 22.4 Å². The molecule has 0 saturated heterocycles. The molecule has 3 aromatic carbocycles. The molecule has 1 aromatic heterocycles. The Bertz CT molecular complexity index is 1470. The van der Waals surface area contributed by atoms with Gasteiger partial charge in [0, 0.05) is 22.7 Å². The number of carboxylic acid groups (broad SMARTS) is 1. The number of hydrogen-bond donors (Lipinski definition) is 1. The van der Waals surface area contributed by atoms with Crippen molar-refractivity contribution >= 4 is 28.6 Å². The Balaban J connectivity index is 1.63. The van der Waals surface area contributed by atoms with Gasteiger partial charge in [-0.05, 0) is 80.1 Å². The lowest BCUT2D eigenvalue weighted by Gasteiger charge is -2.33. The minimum absolute atomic E-state index is 0.208. The highest BCUT2D eigenvalue weighted by atomic mass is 35.5. The Labute approximate surface area is 225 Å². The van der Waals surface area contributed by atoms with E-state index in [1.807, 2.05) is 30.5 Å². The maximum atomic E-state index is 14.5. The Morgan fingerprint density at radius 1 is 1.05 bits per heavy atom. The Morgan fingerprint density at radius 3 is 2.32 bits per heavy atom. The summed E-state index contributed by atoms with van der Waals surface area (Å²) >= 11 is 6.14. The molecule has 1 heterocycles. The lowest BCUT2D eigenvalue weighted by Crippen LogP contribution is -2.28. The van der Waals surface area contributed by atoms with Crippen molar-refractivity contribution in [3.05, 3.63) is 81.9 Å². The van der Waals surface area contributed by atoms with Gasteiger partial charge in [-0.2, -0.15) is 0 Å². The van der Waals surface area contributed by atoms with Crippen LogP contribution >= 0.6 is 11.6 Å². The second-order valence-corrected chi connectivity index (χ2v) is 10.5. The summed E-state index contributed by atoms with van der Waals surface area (Å²) in [7, 11) is 0. The summed E-state index contributed by atoms with van der Waals surface area (Å²) in [5.41, 5.74) is 3.32. The number of hydrogen-bond acceptors (Lipinski definition) is 3. The van der Waals surface area contributed by atoms with Crippen molar-refractivity contribution in [2.45, 2.75) is 52.0 Å². The van der Waals surface area contributed by atoms with E-state index >= 15 is 0 Å². The standard InChI is InChI=1S/C30H29ClF2N2O3/c1-17-12-21(30(36)37)13-18(2)28(17)38-16-27(19-6-4-3-5-7-19)35-26-15-24(33)23(32)14-25(26)34-29(35)20-8-10-22(31)11-9-20/h8-15,19,27H,3-7,16H2,1-2H3,(H,36,37). The second kappa shape index (κ2) is 10.7. The normalized spacial score (nSPS) is 15.1. The van der Waals surface area contributed by atoms with Gasteiger partial charge >= 0.3 is 5.97 Å². The van der Waals surface area contributed by atoms with Gasteiger partial charge in [0.25, 0.3) is 0 Å². The van der Waals surface area contributed by atoms with Gasteiger partial charge in [0.2, 0.25) is 0 Å². The van der Waals surface area contributed by atoms with Crippen LogP contribution in [-0.2, 0) is 0 Å². The molecule has 0 bridgehead atoms. The van der Waals surface area contributed by atoms with E-state index in [1.165, 1.54) is 6.07 Å². The summed E-state index contributed by atoms with van der Waals surface area (Å²) in [4.78, 5) is 16.2. The number of aromatic carboxylic acids is 1. The highest BCUT2D eigenvalue weighted by Gasteiger charge is 2.31. The molecule has 5 rings (SSSR count). The Kier molecular flexibility index (Phi) is 7.39. The van der Waals surface area contributed by atoms with E-state index in [9.17, 15) is 18.7 Å². The van der Waals surface area contributed by atoms with Gasteiger partial charge in [-0.1, -0.05) is 30.9 Å². The van der Waals surface area contributed by atoms with Crippen molar-refractivity contribution in [2.24, 2.45) is 5.92 Å². The zero-order valence-electron chi connectivity index (χ0n) is 21.3. The molecule has 0 radical (unpaired) electrons. The molecular weight excluding hydrogens is 510 g/mol. The summed E-state index contributed by atoms with van der Waals surface area (Å²) in [6.07, 6.45) is 5.28. The second-order valence-electron chi connectivity index (χ2n) is 10.1. The van der Waals surface area contributed by atoms with Crippen LogP contribution in [0.4, 0.5) is 8.78 Å². The first-order valence-corrected chi connectivity index (χ1v) is 13.2. The highest BCUT2D eigenvalue weighted by Crippen LogP contribution is 2.39. The SMILES string of the molecule is Cc1cc(C(=O)O)cc(C)c1OCC(C1CCCCC1)n1c(-c2ccc(Cl)cc2)nc2cc(F)c(F)cc21. The van der Waals surface area contributed by atoms with Crippen molar-refractivity contribution in [3.8, 4) is 17.1 Å². The molecule has 38 heavy (non-hydrogen) atoms. The fourth-order valence-electron chi connectivity index (χ4n) is 5.64. The third-order valence-corrected chi connectivity index (χ3v) is 7.72. The molecule has 1 saturated carbocycles. The van der Waals surface area contributed by atoms with Crippen LogP contribution in [0.5, 0.6) is 5.75 Å². The molecule has 198 valence electrons. The van der Waals surface area contributed by atoms with E-state index in [2.05, 4.69) is 0 Å². The zero-order valence-corrected chi connectivity index (χ0v) is 22.1. The van der Waals surface area contributed by atoms with Crippen LogP contribution < -0.4 is 4.74 Å².